The molecule has 2 aromatic carbocycles. The lowest BCUT2D eigenvalue weighted by atomic mass is 9.95. The summed E-state index contributed by atoms with van der Waals surface area (Å²) in [5, 5.41) is 2.77. The third-order valence-electron chi connectivity index (χ3n) is 7.39. The Bertz CT molecular complexity index is 1970. The molecule has 1 fully saturated rings. The van der Waals surface area contributed by atoms with Gasteiger partial charge in [0.1, 0.15) is 17.8 Å². The topological polar surface area (TPSA) is 121 Å². The van der Waals surface area contributed by atoms with E-state index in [4.69, 9.17) is 10.5 Å². The highest BCUT2D eigenvalue weighted by molar-refractivity contribution is 6.08. The number of nitrogens with zero attached hydrogens (tertiary/aromatic N) is 5. The molecule has 1 saturated carbocycles. The van der Waals surface area contributed by atoms with Gasteiger partial charge < -0.3 is 20.4 Å². The van der Waals surface area contributed by atoms with Crippen LogP contribution in [0.1, 0.15) is 24.1 Å². The van der Waals surface area contributed by atoms with Gasteiger partial charge >= 0.3 is 12.2 Å². The van der Waals surface area contributed by atoms with Crippen molar-refractivity contribution in [2.24, 2.45) is 13.0 Å². The summed E-state index contributed by atoms with van der Waals surface area (Å²) in [7, 11) is 1.53. The molecule has 1 aliphatic carbocycles. The van der Waals surface area contributed by atoms with Crippen LogP contribution < -0.4 is 15.8 Å². The van der Waals surface area contributed by atoms with Gasteiger partial charge in [-0.1, -0.05) is 18.7 Å². The minimum absolute atomic E-state index is 0.00299. The smallest absolute Gasteiger partial charge is 0.417 e. The Kier molecular flexibility index (Phi) is 7.02. The number of nitrogens with two attached hydrogens (primary N) is 1. The average Bonchev–Trinajstić information content (AvgIpc) is 3.78. The van der Waals surface area contributed by atoms with Gasteiger partial charge in [-0.3, -0.25) is 4.79 Å². The van der Waals surface area contributed by atoms with Crippen LogP contribution in [-0.4, -0.2) is 30.4 Å². The van der Waals surface area contributed by atoms with Gasteiger partial charge in [0, 0.05) is 41.3 Å². The zero-order valence-corrected chi connectivity index (χ0v) is 23.5. The second-order valence-corrected chi connectivity index (χ2v) is 10.5. The second kappa shape index (κ2) is 10.7. The van der Waals surface area contributed by atoms with Crippen LogP contribution in [0.25, 0.3) is 33.4 Å². The fraction of sp³-hybridized carbons (Fsp3) is 0.194. The van der Waals surface area contributed by atoms with Crippen molar-refractivity contribution in [3.8, 4) is 34.1 Å². The number of benzene rings is 2. The molecule has 3 aromatic heterocycles. The zero-order chi connectivity index (χ0) is 31.3. The van der Waals surface area contributed by atoms with Crippen molar-refractivity contribution in [1.29, 1.82) is 0 Å². The SMILES string of the molecule is C=C(C(=O)Nc1ccc(-c2c(-c3ccc(Oc4nccc(C)n4)c(F)c3)c3c(N)ncnc3n2C)c(C(F)(F)F)c1)C1CC1. The zero-order valence-electron chi connectivity index (χ0n) is 23.5. The summed E-state index contributed by atoms with van der Waals surface area (Å²) in [6.07, 6.45) is -0.524. The first-order valence-corrected chi connectivity index (χ1v) is 13.5. The number of carbonyl (C=O) groups excluding carboxylic acids is 1. The molecule has 0 saturated heterocycles. The van der Waals surface area contributed by atoms with Gasteiger partial charge in [-0.15, -0.1) is 0 Å². The molecule has 0 bridgehead atoms. The number of aromatic nitrogens is 5. The molecule has 224 valence electrons. The molecular formula is C31H25F4N7O2. The summed E-state index contributed by atoms with van der Waals surface area (Å²) in [6, 6.07) is 9.02. The van der Waals surface area contributed by atoms with Crippen LogP contribution in [0.2, 0.25) is 0 Å². The standard InChI is InChI=1S/C31H25F4N7O2/c1-15-10-11-37-30(40-15)44-23-9-6-18(12-22(23)32)24-25-27(36)38-14-39-28(25)42(3)26(24)20-8-7-19(13-21(20)31(33,34)35)41-29(43)16(2)17-4-5-17/h6-14,17H,2,4-5H2,1,3H3,(H,41,43)(H2,36,38,39). The second-order valence-electron chi connectivity index (χ2n) is 10.5. The van der Waals surface area contributed by atoms with Gasteiger partial charge in [0.05, 0.1) is 16.6 Å². The van der Waals surface area contributed by atoms with Crippen molar-refractivity contribution in [3.05, 3.63) is 84.2 Å². The van der Waals surface area contributed by atoms with Crippen LogP contribution in [-0.2, 0) is 18.0 Å². The number of anilines is 2. The molecule has 3 N–H and O–H groups in total. The van der Waals surface area contributed by atoms with Gasteiger partial charge in [-0.2, -0.15) is 13.2 Å². The van der Waals surface area contributed by atoms with Crippen molar-refractivity contribution in [3.63, 3.8) is 0 Å². The van der Waals surface area contributed by atoms with Crippen molar-refractivity contribution in [2.75, 3.05) is 11.1 Å². The normalized spacial score (nSPS) is 13.2. The summed E-state index contributed by atoms with van der Waals surface area (Å²) in [4.78, 5) is 28.9. The number of hydrogen-bond donors (Lipinski definition) is 2. The molecule has 0 unspecified atom stereocenters. The maximum absolute atomic E-state index is 15.5. The number of aryl methyl sites for hydroxylation is 2. The van der Waals surface area contributed by atoms with Gasteiger partial charge in [0.25, 0.3) is 5.91 Å². The molecule has 0 radical (unpaired) electrons. The minimum Gasteiger partial charge on any atom is -0.421 e. The predicted molar refractivity (Wildman–Crippen MR) is 156 cm³/mol. The first-order valence-electron chi connectivity index (χ1n) is 13.5. The van der Waals surface area contributed by atoms with Crippen LogP contribution in [0, 0.1) is 18.7 Å². The van der Waals surface area contributed by atoms with E-state index < -0.39 is 23.5 Å². The molecule has 44 heavy (non-hydrogen) atoms. The maximum Gasteiger partial charge on any atom is 0.417 e. The van der Waals surface area contributed by atoms with Gasteiger partial charge in [0.15, 0.2) is 11.6 Å². The average molecular weight is 604 g/mol. The first kappa shape index (κ1) is 28.8. The number of nitrogens with one attached hydrogen (secondary N) is 1. The highest BCUT2D eigenvalue weighted by atomic mass is 19.4. The summed E-state index contributed by atoms with van der Waals surface area (Å²) in [6.45, 7) is 5.50. The third-order valence-corrected chi connectivity index (χ3v) is 7.39. The predicted octanol–water partition coefficient (Wildman–Crippen LogP) is 6.84. The summed E-state index contributed by atoms with van der Waals surface area (Å²) >= 11 is 0. The number of fused-ring (bicyclic) bond motifs is 1. The molecule has 0 aliphatic heterocycles. The highest BCUT2D eigenvalue weighted by Crippen LogP contribution is 2.47. The fourth-order valence-corrected chi connectivity index (χ4v) is 5.08. The summed E-state index contributed by atoms with van der Waals surface area (Å²) in [5.74, 6) is -1.49. The number of carbonyl (C=O) groups is 1. The Labute approximate surface area is 248 Å². The largest absolute Gasteiger partial charge is 0.421 e. The number of halogens is 4. The number of nitrogen functional groups attached to an aromatic ring is 1. The van der Waals surface area contributed by atoms with Crippen LogP contribution in [0.4, 0.5) is 29.1 Å². The molecule has 0 spiro atoms. The van der Waals surface area contributed by atoms with Crippen molar-refractivity contribution >= 4 is 28.4 Å². The molecule has 13 heteroatoms. The fourth-order valence-electron chi connectivity index (χ4n) is 5.08. The van der Waals surface area contributed by atoms with E-state index in [1.54, 1.807) is 13.0 Å². The Morgan fingerprint density at radius 3 is 2.57 bits per heavy atom. The van der Waals surface area contributed by atoms with E-state index in [9.17, 15) is 18.0 Å². The Morgan fingerprint density at radius 1 is 1.11 bits per heavy atom. The van der Waals surface area contributed by atoms with Crippen LogP contribution >= 0.6 is 0 Å². The van der Waals surface area contributed by atoms with Crippen molar-refractivity contribution < 1.29 is 27.1 Å². The lowest BCUT2D eigenvalue weighted by Crippen LogP contribution is -2.16. The molecule has 5 aromatic rings. The van der Waals surface area contributed by atoms with E-state index in [2.05, 4.69) is 31.8 Å². The Morgan fingerprint density at radius 2 is 1.89 bits per heavy atom. The molecule has 3 heterocycles. The Balaban J connectivity index is 1.50. The van der Waals surface area contributed by atoms with Crippen LogP contribution in [0.3, 0.4) is 0 Å². The van der Waals surface area contributed by atoms with E-state index in [0.29, 0.717) is 11.3 Å². The molecule has 1 aliphatic rings. The molecule has 6 rings (SSSR count). The number of amides is 1. The molecule has 0 atom stereocenters. The van der Waals surface area contributed by atoms with Crippen molar-refractivity contribution in [2.45, 2.75) is 25.9 Å². The van der Waals surface area contributed by atoms with Gasteiger partial charge in [-0.05, 0) is 61.6 Å². The van der Waals surface area contributed by atoms with Crippen molar-refractivity contribution in [1.82, 2.24) is 24.5 Å². The number of ether oxygens (including phenoxy) is 1. The lowest BCUT2D eigenvalue weighted by Gasteiger charge is -2.18. The van der Waals surface area contributed by atoms with Gasteiger partial charge in [-0.25, -0.2) is 24.3 Å². The van der Waals surface area contributed by atoms with E-state index in [1.165, 1.54) is 48.4 Å². The molecule has 1 amide bonds. The van der Waals surface area contributed by atoms with E-state index in [1.807, 2.05) is 0 Å². The van der Waals surface area contributed by atoms with Crippen LogP contribution in [0.5, 0.6) is 11.8 Å². The number of alkyl halides is 3. The number of rotatable bonds is 7. The maximum atomic E-state index is 15.5. The summed E-state index contributed by atoms with van der Waals surface area (Å²) < 4.78 is 66.3. The Hall–Kier alpha value is -5.33. The quantitative estimate of drug-likeness (QED) is 0.154. The van der Waals surface area contributed by atoms with E-state index in [0.717, 1.165) is 25.0 Å². The third kappa shape index (κ3) is 5.32. The number of hydrogen-bond acceptors (Lipinski definition) is 7. The summed E-state index contributed by atoms with van der Waals surface area (Å²) in [5.41, 5.74) is 6.55. The minimum atomic E-state index is -4.83. The first-order chi connectivity index (χ1) is 20.9. The van der Waals surface area contributed by atoms with E-state index in [-0.39, 0.29) is 62.6 Å². The monoisotopic (exact) mass is 603 g/mol. The van der Waals surface area contributed by atoms with Crippen LogP contribution in [0.15, 0.2) is 67.1 Å². The lowest BCUT2D eigenvalue weighted by molar-refractivity contribution is -0.137. The van der Waals surface area contributed by atoms with E-state index >= 15 is 4.39 Å². The van der Waals surface area contributed by atoms with Gasteiger partial charge in [0.2, 0.25) is 0 Å². The highest BCUT2D eigenvalue weighted by Gasteiger charge is 2.37. The molecular weight excluding hydrogens is 578 g/mol. The molecule has 9 nitrogen and oxygen atoms in total.